The van der Waals surface area contributed by atoms with Crippen LogP contribution in [0.25, 0.3) is 17.0 Å². The van der Waals surface area contributed by atoms with E-state index < -0.39 is 0 Å². The summed E-state index contributed by atoms with van der Waals surface area (Å²) in [4.78, 5) is 20.6. The van der Waals surface area contributed by atoms with Crippen molar-refractivity contribution in [2.75, 3.05) is 19.8 Å². The van der Waals surface area contributed by atoms with Crippen molar-refractivity contribution in [2.24, 2.45) is 4.99 Å². The number of hydrogen-bond acceptors (Lipinski definition) is 4. The molecule has 6 heteroatoms. The molecular weight excluding hydrogens is 466 g/mol. The van der Waals surface area contributed by atoms with Crippen LogP contribution in [0.3, 0.4) is 0 Å². The zero-order chi connectivity index (χ0) is 24.9. The average molecular weight is 496 g/mol. The van der Waals surface area contributed by atoms with Crippen molar-refractivity contribution in [2.45, 2.75) is 20.4 Å². The van der Waals surface area contributed by atoms with Crippen LogP contribution in [0.15, 0.2) is 95.0 Å². The number of fused-ring (bicyclic) bond motifs is 1. The van der Waals surface area contributed by atoms with E-state index in [1.54, 1.807) is 4.90 Å². The molecule has 4 aromatic rings. The molecule has 1 fully saturated rings. The lowest BCUT2D eigenvalue weighted by atomic mass is 10.1. The molecule has 3 aromatic carbocycles. The molecule has 0 spiro atoms. The molecular formula is C30H29N3O2S. The van der Waals surface area contributed by atoms with Crippen LogP contribution in [0.5, 0.6) is 0 Å². The first kappa shape index (κ1) is 24.1. The van der Waals surface area contributed by atoms with Crippen molar-refractivity contribution in [3.63, 3.8) is 0 Å². The molecule has 0 bridgehead atoms. The van der Waals surface area contributed by atoms with Crippen LogP contribution in [0, 0.1) is 6.92 Å². The Morgan fingerprint density at radius 2 is 1.81 bits per heavy atom. The summed E-state index contributed by atoms with van der Waals surface area (Å²) in [6.45, 7) is 6.40. The third-order valence-corrected chi connectivity index (χ3v) is 7.08. The number of aliphatic imine (C=N–C) groups is 1. The maximum atomic E-state index is 13.5. The summed E-state index contributed by atoms with van der Waals surface area (Å²) >= 11 is 1.42. The molecule has 5 rings (SSSR count). The highest BCUT2D eigenvalue weighted by Gasteiger charge is 2.33. The molecule has 1 aromatic heterocycles. The smallest absolute Gasteiger partial charge is 0.266 e. The number of nitrogens with zero attached hydrogens (tertiary/aromatic N) is 3. The van der Waals surface area contributed by atoms with E-state index in [0.29, 0.717) is 29.8 Å². The highest BCUT2D eigenvalue weighted by molar-refractivity contribution is 8.18. The van der Waals surface area contributed by atoms with E-state index in [-0.39, 0.29) is 5.91 Å². The normalized spacial score (nSPS) is 16.1. The van der Waals surface area contributed by atoms with E-state index in [0.717, 1.165) is 28.7 Å². The highest BCUT2D eigenvalue weighted by atomic mass is 32.2. The summed E-state index contributed by atoms with van der Waals surface area (Å²) in [6.07, 6.45) is 4.15. The van der Waals surface area contributed by atoms with E-state index in [9.17, 15) is 4.79 Å². The number of thioether (sulfide) groups is 1. The van der Waals surface area contributed by atoms with Gasteiger partial charge in [-0.3, -0.25) is 9.69 Å². The number of para-hydroxylation sites is 2. The first-order valence-corrected chi connectivity index (χ1v) is 13.0. The van der Waals surface area contributed by atoms with Crippen LogP contribution >= 0.6 is 11.8 Å². The molecule has 0 saturated carbocycles. The van der Waals surface area contributed by atoms with Gasteiger partial charge < -0.3 is 9.30 Å². The topological polar surface area (TPSA) is 46.8 Å². The molecule has 2 heterocycles. The van der Waals surface area contributed by atoms with E-state index in [4.69, 9.17) is 9.73 Å². The van der Waals surface area contributed by atoms with Crippen LogP contribution in [0.1, 0.15) is 23.6 Å². The lowest BCUT2D eigenvalue weighted by Crippen LogP contribution is -2.32. The van der Waals surface area contributed by atoms with Gasteiger partial charge in [0.1, 0.15) is 0 Å². The van der Waals surface area contributed by atoms with E-state index >= 15 is 0 Å². The van der Waals surface area contributed by atoms with Crippen molar-refractivity contribution < 1.29 is 9.53 Å². The summed E-state index contributed by atoms with van der Waals surface area (Å²) in [6, 6.07) is 26.7. The van der Waals surface area contributed by atoms with E-state index in [1.807, 2.05) is 49.4 Å². The molecule has 0 aliphatic carbocycles. The number of carbonyl (C=O) groups excluding carboxylic acids is 1. The fraction of sp³-hybridized carbons (Fsp3) is 0.200. The molecule has 1 aliphatic rings. The minimum Gasteiger partial charge on any atom is -0.380 e. The number of benzene rings is 3. The highest BCUT2D eigenvalue weighted by Crippen LogP contribution is 2.35. The lowest BCUT2D eigenvalue weighted by molar-refractivity contribution is -0.122. The maximum absolute atomic E-state index is 13.5. The molecule has 1 saturated heterocycles. The summed E-state index contributed by atoms with van der Waals surface area (Å²) in [5.41, 5.74) is 5.50. The number of aryl methyl sites for hydroxylation is 1. The van der Waals surface area contributed by atoms with Crippen LogP contribution < -0.4 is 0 Å². The Balaban J connectivity index is 1.50. The molecule has 0 atom stereocenters. The Morgan fingerprint density at radius 3 is 2.61 bits per heavy atom. The summed E-state index contributed by atoms with van der Waals surface area (Å²) < 4.78 is 7.80. The number of amidine groups is 1. The first-order chi connectivity index (χ1) is 17.6. The van der Waals surface area contributed by atoms with Gasteiger partial charge in [0.05, 0.1) is 23.7 Å². The Morgan fingerprint density at radius 1 is 1.00 bits per heavy atom. The second kappa shape index (κ2) is 11.0. The first-order valence-electron chi connectivity index (χ1n) is 12.2. The SMILES string of the molecule is CCOCCN1C(=O)/C(=C\c2cn(Cc3cccc(C)c3)c3ccccc23)SC1=Nc1ccccc1. The molecule has 5 nitrogen and oxygen atoms in total. The van der Waals surface area contributed by atoms with E-state index in [1.165, 1.54) is 22.9 Å². The fourth-order valence-electron chi connectivity index (χ4n) is 4.37. The van der Waals surface area contributed by atoms with Crippen molar-refractivity contribution in [3.8, 4) is 0 Å². The molecule has 1 aliphatic heterocycles. The standard InChI is InChI=1S/C30H29N3O2S/c1-3-35-17-16-33-29(34)28(36-30(33)31-25-12-5-4-6-13-25)19-24-21-32(27-15-8-7-14-26(24)27)20-23-11-9-10-22(2)18-23/h4-15,18-19,21H,3,16-17,20H2,1-2H3/b28-19+,31-30?. The van der Waals surface area contributed by atoms with Gasteiger partial charge in [-0.15, -0.1) is 0 Å². The summed E-state index contributed by atoms with van der Waals surface area (Å²) in [5, 5.41) is 1.81. The second-order valence-electron chi connectivity index (χ2n) is 8.71. The van der Waals surface area contributed by atoms with Crippen molar-refractivity contribution in [1.29, 1.82) is 0 Å². The number of ether oxygens (including phenoxy) is 1. The van der Waals surface area contributed by atoms with Gasteiger partial charge in [0.15, 0.2) is 5.17 Å². The van der Waals surface area contributed by atoms with Gasteiger partial charge in [-0.2, -0.15) is 0 Å². The zero-order valence-electron chi connectivity index (χ0n) is 20.6. The minimum atomic E-state index is -0.0371. The number of rotatable bonds is 8. The van der Waals surface area contributed by atoms with E-state index in [2.05, 4.69) is 60.2 Å². The van der Waals surface area contributed by atoms with Gasteiger partial charge in [-0.1, -0.05) is 66.2 Å². The monoisotopic (exact) mass is 495 g/mol. The lowest BCUT2D eigenvalue weighted by Gasteiger charge is -2.15. The van der Waals surface area contributed by atoms with Gasteiger partial charge in [0, 0.05) is 35.8 Å². The minimum absolute atomic E-state index is 0.0371. The summed E-state index contributed by atoms with van der Waals surface area (Å²) in [5.74, 6) is -0.0371. The predicted octanol–water partition coefficient (Wildman–Crippen LogP) is 6.64. The third kappa shape index (κ3) is 5.30. The number of amides is 1. The quantitative estimate of drug-likeness (QED) is 0.203. The number of aromatic nitrogens is 1. The zero-order valence-corrected chi connectivity index (χ0v) is 21.4. The molecule has 36 heavy (non-hydrogen) atoms. The molecule has 0 radical (unpaired) electrons. The Hall–Kier alpha value is -3.61. The van der Waals surface area contributed by atoms with Gasteiger partial charge in [0.25, 0.3) is 5.91 Å². The van der Waals surface area contributed by atoms with Crippen LogP contribution in [0.4, 0.5) is 5.69 Å². The average Bonchev–Trinajstić information content (AvgIpc) is 3.37. The number of hydrogen-bond donors (Lipinski definition) is 0. The largest absolute Gasteiger partial charge is 0.380 e. The molecule has 0 unspecified atom stereocenters. The molecule has 182 valence electrons. The van der Waals surface area contributed by atoms with Crippen molar-refractivity contribution in [1.82, 2.24) is 9.47 Å². The molecule has 1 amide bonds. The van der Waals surface area contributed by atoms with Crippen LogP contribution in [-0.2, 0) is 16.1 Å². The third-order valence-electron chi connectivity index (χ3n) is 6.07. The Bertz CT molecular complexity index is 1440. The van der Waals surface area contributed by atoms with Gasteiger partial charge in [-0.05, 0) is 55.4 Å². The van der Waals surface area contributed by atoms with Gasteiger partial charge in [-0.25, -0.2) is 4.99 Å². The second-order valence-corrected chi connectivity index (χ2v) is 9.72. The fourth-order valence-corrected chi connectivity index (χ4v) is 5.39. The molecule has 0 N–H and O–H groups in total. The van der Waals surface area contributed by atoms with Crippen molar-refractivity contribution >= 4 is 45.5 Å². The summed E-state index contributed by atoms with van der Waals surface area (Å²) in [7, 11) is 0. The Kier molecular flexibility index (Phi) is 7.35. The maximum Gasteiger partial charge on any atom is 0.266 e. The predicted molar refractivity (Wildman–Crippen MR) is 150 cm³/mol. The van der Waals surface area contributed by atoms with Crippen molar-refractivity contribution in [3.05, 3.63) is 107 Å². The Labute approximate surface area is 216 Å². The number of carbonyl (C=O) groups is 1. The van der Waals surface area contributed by atoms with Crippen LogP contribution in [-0.4, -0.2) is 40.3 Å². The van der Waals surface area contributed by atoms with Gasteiger partial charge in [0.2, 0.25) is 0 Å². The van der Waals surface area contributed by atoms with Gasteiger partial charge >= 0.3 is 0 Å². The van der Waals surface area contributed by atoms with Crippen LogP contribution in [0.2, 0.25) is 0 Å².